The van der Waals surface area contributed by atoms with Crippen LogP contribution in [-0.2, 0) is 0 Å². The zero-order valence-corrected chi connectivity index (χ0v) is 7.91. The Morgan fingerprint density at radius 2 is 2.17 bits per heavy atom. The smallest absolute Gasteiger partial charge is 0.312 e. The first kappa shape index (κ1) is 9.36. The van der Waals surface area contributed by atoms with Crippen molar-refractivity contribution in [3.8, 4) is 0 Å². The molecule has 0 heterocycles. The van der Waals surface area contributed by atoms with Gasteiger partial charge in [-0.15, -0.1) is 0 Å². The van der Waals surface area contributed by atoms with Crippen molar-refractivity contribution in [1.82, 2.24) is 0 Å². The number of rotatable bonds is 1. The van der Waals surface area contributed by atoms with Gasteiger partial charge in [-0.1, -0.05) is 17.7 Å². The molecule has 64 valence electrons. The number of carbonyl (C=O) groups excluding carboxylic acids is 1. The summed E-state index contributed by atoms with van der Waals surface area (Å²) in [6.45, 7) is 1.81. The minimum absolute atomic E-state index is 0.609. The molecule has 0 fully saturated rings. The molecule has 12 heavy (non-hydrogen) atoms. The Kier molecular flexibility index (Phi) is 2.95. The number of anilines is 1. The van der Waals surface area contributed by atoms with Gasteiger partial charge in [-0.25, -0.2) is 0 Å². The standard InChI is InChI=1S/C8H7Cl2NO/c1-5-6(9)3-2-4-7(5)11-8(10)12/h2-4H,1H3,(H,11,12). The lowest BCUT2D eigenvalue weighted by Crippen LogP contribution is -2.02. The number of hydrogen-bond donors (Lipinski definition) is 1. The van der Waals surface area contributed by atoms with Crippen LogP contribution in [0.25, 0.3) is 0 Å². The van der Waals surface area contributed by atoms with E-state index in [1.807, 2.05) is 6.92 Å². The first-order chi connectivity index (χ1) is 5.61. The number of carbonyl (C=O) groups is 1. The van der Waals surface area contributed by atoms with E-state index in [2.05, 4.69) is 5.32 Å². The van der Waals surface area contributed by atoms with Crippen LogP contribution in [0.1, 0.15) is 5.56 Å². The van der Waals surface area contributed by atoms with Crippen LogP contribution in [0, 0.1) is 6.92 Å². The molecular weight excluding hydrogens is 197 g/mol. The number of benzene rings is 1. The lowest BCUT2D eigenvalue weighted by Gasteiger charge is -2.05. The summed E-state index contributed by atoms with van der Waals surface area (Å²) < 4.78 is 0. The zero-order chi connectivity index (χ0) is 9.14. The average molecular weight is 204 g/mol. The maximum atomic E-state index is 10.5. The number of amides is 1. The van der Waals surface area contributed by atoms with E-state index in [4.69, 9.17) is 23.2 Å². The second-order valence-corrected chi connectivity index (χ2v) is 3.06. The molecule has 2 nitrogen and oxygen atoms in total. The van der Waals surface area contributed by atoms with Gasteiger partial charge in [0.05, 0.1) is 0 Å². The zero-order valence-electron chi connectivity index (χ0n) is 6.40. The van der Waals surface area contributed by atoms with Crippen molar-refractivity contribution in [2.75, 3.05) is 5.32 Å². The minimum Gasteiger partial charge on any atom is -0.312 e. The molecule has 0 saturated heterocycles. The summed E-state index contributed by atoms with van der Waals surface area (Å²) in [5.41, 5.74) is 1.45. The Balaban J connectivity index is 3.00. The van der Waals surface area contributed by atoms with Crippen molar-refractivity contribution in [1.29, 1.82) is 0 Å². The number of nitrogens with one attached hydrogen (secondary N) is 1. The molecular formula is C8H7Cl2NO. The summed E-state index contributed by atoms with van der Waals surface area (Å²) in [5, 5.41) is 2.45. The molecule has 0 spiro atoms. The molecule has 1 amide bonds. The van der Waals surface area contributed by atoms with E-state index in [0.717, 1.165) is 5.56 Å². The Morgan fingerprint density at radius 3 is 2.75 bits per heavy atom. The molecule has 0 aliphatic rings. The van der Waals surface area contributed by atoms with Crippen LogP contribution in [0.4, 0.5) is 10.5 Å². The number of hydrogen-bond acceptors (Lipinski definition) is 1. The first-order valence-electron chi connectivity index (χ1n) is 3.33. The molecule has 0 bridgehead atoms. The van der Waals surface area contributed by atoms with Gasteiger partial charge < -0.3 is 5.32 Å². The van der Waals surface area contributed by atoms with Crippen LogP contribution in [-0.4, -0.2) is 5.37 Å². The Labute approximate surface area is 80.5 Å². The van der Waals surface area contributed by atoms with Crippen molar-refractivity contribution in [2.45, 2.75) is 6.92 Å². The highest BCUT2D eigenvalue weighted by Gasteiger charge is 2.03. The second kappa shape index (κ2) is 3.78. The van der Waals surface area contributed by atoms with Gasteiger partial charge in [0, 0.05) is 10.7 Å². The van der Waals surface area contributed by atoms with Crippen molar-refractivity contribution in [2.24, 2.45) is 0 Å². The van der Waals surface area contributed by atoms with Gasteiger partial charge >= 0.3 is 5.37 Å². The summed E-state index contributed by atoms with van der Waals surface area (Å²) in [4.78, 5) is 10.5. The lowest BCUT2D eigenvalue weighted by atomic mass is 10.2. The SMILES string of the molecule is Cc1c(Cl)cccc1NC(=O)Cl. The van der Waals surface area contributed by atoms with Crippen molar-refractivity contribution >= 4 is 34.3 Å². The molecule has 1 rings (SSSR count). The fourth-order valence-electron chi connectivity index (χ4n) is 0.849. The van der Waals surface area contributed by atoms with Gasteiger partial charge in [0.1, 0.15) is 0 Å². The molecule has 1 aromatic carbocycles. The van der Waals surface area contributed by atoms with Gasteiger partial charge in [-0.3, -0.25) is 4.79 Å². The van der Waals surface area contributed by atoms with E-state index in [1.54, 1.807) is 18.2 Å². The normalized spacial score (nSPS) is 9.58. The molecule has 1 N–H and O–H groups in total. The molecule has 4 heteroatoms. The summed E-state index contributed by atoms with van der Waals surface area (Å²) in [6, 6.07) is 5.24. The summed E-state index contributed by atoms with van der Waals surface area (Å²) in [7, 11) is 0. The predicted molar refractivity (Wildman–Crippen MR) is 51.1 cm³/mol. The Bertz CT molecular complexity index is 312. The van der Waals surface area contributed by atoms with Crippen LogP contribution < -0.4 is 5.32 Å². The van der Waals surface area contributed by atoms with Gasteiger partial charge in [0.15, 0.2) is 0 Å². The van der Waals surface area contributed by atoms with Crippen molar-refractivity contribution in [3.05, 3.63) is 28.8 Å². The van der Waals surface area contributed by atoms with Gasteiger partial charge in [-0.2, -0.15) is 0 Å². The van der Waals surface area contributed by atoms with Crippen LogP contribution in [0.5, 0.6) is 0 Å². The van der Waals surface area contributed by atoms with E-state index in [-0.39, 0.29) is 0 Å². The fourth-order valence-corrected chi connectivity index (χ4v) is 1.13. The molecule has 0 radical (unpaired) electrons. The van der Waals surface area contributed by atoms with Crippen molar-refractivity contribution in [3.63, 3.8) is 0 Å². The third-order valence-electron chi connectivity index (χ3n) is 1.50. The predicted octanol–water partition coefficient (Wildman–Crippen LogP) is 3.42. The average Bonchev–Trinajstić information content (AvgIpc) is 1.98. The molecule has 0 aromatic heterocycles. The molecule has 0 aliphatic carbocycles. The van der Waals surface area contributed by atoms with Gasteiger partial charge in [-0.05, 0) is 36.2 Å². The third kappa shape index (κ3) is 2.13. The molecule has 1 aromatic rings. The largest absolute Gasteiger partial charge is 0.318 e. The second-order valence-electron chi connectivity index (χ2n) is 2.31. The van der Waals surface area contributed by atoms with E-state index in [0.29, 0.717) is 10.7 Å². The summed E-state index contributed by atoms with van der Waals surface area (Å²) in [5.74, 6) is 0. The summed E-state index contributed by atoms with van der Waals surface area (Å²) in [6.07, 6.45) is 0. The maximum Gasteiger partial charge on any atom is 0.318 e. The highest BCUT2D eigenvalue weighted by atomic mass is 35.5. The molecule has 0 aliphatic heterocycles. The van der Waals surface area contributed by atoms with Gasteiger partial charge in [0.2, 0.25) is 0 Å². The highest BCUT2D eigenvalue weighted by molar-refractivity contribution is 6.65. The minimum atomic E-state index is -0.611. The molecule has 0 saturated carbocycles. The van der Waals surface area contributed by atoms with Gasteiger partial charge in [0.25, 0.3) is 0 Å². The van der Waals surface area contributed by atoms with Crippen LogP contribution in [0.2, 0.25) is 5.02 Å². The molecule has 0 unspecified atom stereocenters. The van der Waals surface area contributed by atoms with E-state index < -0.39 is 5.37 Å². The molecule has 0 atom stereocenters. The first-order valence-corrected chi connectivity index (χ1v) is 4.08. The quantitative estimate of drug-likeness (QED) is 0.551. The van der Waals surface area contributed by atoms with Crippen LogP contribution in [0.3, 0.4) is 0 Å². The third-order valence-corrected chi connectivity index (χ3v) is 2.00. The summed E-state index contributed by atoms with van der Waals surface area (Å²) >= 11 is 10.9. The van der Waals surface area contributed by atoms with E-state index >= 15 is 0 Å². The topological polar surface area (TPSA) is 29.1 Å². The fraction of sp³-hybridized carbons (Fsp3) is 0.125. The van der Waals surface area contributed by atoms with Crippen LogP contribution >= 0.6 is 23.2 Å². The van der Waals surface area contributed by atoms with Crippen LogP contribution in [0.15, 0.2) is 18.2 Å². The Hall–Kier alpha value is -0.730. The lowest BCUT2D eigenvalue weighted by molar-refractivity contribution is 0.269. The Morgan fingerprint density at radius 1 is 1.50 bits per heavy atom. The maximum absolute atomic E-state index is 10.5. The number of halogens is 2. The van der Waals surface area contributed by atoms with E-state index in [9.17, 15) is 4.79 Å². The van der Waals surface area contributed by atoms with E-state index in [1.165, 1.54) is 0 Å². The monoisotopic (exact) mass is 203 g/mol. The van der Waals surface area contributed by atoms with Crippen molar-refractivity contribution < 1.29 is 4.79 Å². The highest BCUT2D eigenvalue weighted by Crippen LogP contribution is 2.22.